The summed E-state index contributed by atoms with van der Waals surface area (Å²) >= 11 is 0. The average molecular weight is 168 g/mol. The average Bonchev–Trinajstić information content (AvgIpc) is 1.76. The van der Waals surface area contributed by atoms with E-state index in [1.54, 1.807) is 18.4 Å². The van der Waals surface area contributed by atoms with Crippen LogP contribution in [0.4, 0.5) is 0 Å². The third-order valence-corrected chi connectivity index (χ3v) is 0.379. The van der Waals surface area contributed by atoms with Crippen molar-refractivity contribution in [2.75, 3.05) is 0 Å². The standard InChI is InChI=1S/C4H3O.ClH.Zn/c1-2-4-5-3-1;;/h1-3H;1H;/p-1. The molecular weight excluding hydrogens is 165 g/mol. The molecule has 0 aliphatic carbocycles. The van der Waals surface area contributed by atoms with Gasteiger partial charge in [0, 0.05) is 19.5 Å². The van der Waals surface area contributed by atoms with E-state index >= 15 is 0 Å². The first-order valence-electron chi connectivity index (χ1n) is 1.40. The van der Waals surface area contributed by atoms with E-state index in [0.29, 0.717) is 0 Å². The summed E-state index contributed by atoms with van der Waals surface area (Å²) in [4.78, 5) is 0. The fraction of sp³-hybridized carbons (Fsp3) is 0. The summed E-state index contributed by atoms with van der Waals surface area (Å²) < 4.78 is 4.46. The van der Waals surface area contributed by atoms with Crippen LogP contribution in [-0.4, -0.2) is 0 Å². The summed E-state index contributed by atoms with van der Waals surface area (Å²) in [6.07, 6.45) is 4.06. The van der Waals surface area contributed by atoms with E-state index in [1.165, 1.54) is 0 Å². The van der Waals surface area contributed by atoms with Gasteiger partial charge in [0.1, 0.15) is 0 Å². The summed E-state index contributed by atoms with van der Waals surface area (Å²) in [5.74, 6) is 0. The first kappa shape index (κ1) is 10.2. The van der Waals surface area contributed by atoms with Crippen molar-refractivity contribution in [1.29, 1.82) is 0 Å². The van der Waals surface area contributed by atoms with E-state index in [2.05, 4.69) is 10.7 Å². The van der Waals surface area contributed by atoms with Gasteiger partial charge >= 0.3 is 0 Å². The Kier molecular flexibility index (Phi) is 9.05. The Labute approximate surface area is 61.3 Å². The first-order valence-corrected chi connectivity index (χ1v) is 1.40. The molecule has 1 rings (SSSR count). The molecule has 0 saturated carbocycles. The van der Waals surface area contributed by atoms with Crippen molar-refractivity contribution >= 4 is 0 Å². The van der Waals surface area contributed by atoms with E-state index in [9.17, 15) is 0 Å². The molecule has 0 atom stereocenters. The van der Waals surface area contributed by atoms with Crippen molar-refractivity contribution in [3.63, 3.8) is 0 Å². The molecule has 0 amide bonds. The largest absolute Gasteiger partial charge is 1.00 e. The first-order chi connectivity index (χ1) is 2.50. The fourth-order valence-corrected chi connectivity index (χ4v) is 0.196. The summed E-state index contributed by atoms with van der Waals surface area (Å²) in [7, 11) is 0. The van der Waals surface area contributed by atoms with Gasteiger partial charge in [-0.1, -0.05) is 0 Å². The van der Waals surface area contributed by atoms with E-state index in [-0.39, 0.29) is 31.9 Å². The predicted octanol–water partition coefficient (Wildman–Crippen LogP) is -1.92. The van der Waals surface area contributed by atoms with E-state index in [0.717, 1.165) is 0 Å². The molecule has 0 spiro atoms. The van der Waals surface area contributed by atoms with Crippen LogP contribution < -0.4 is 12.4 Å². The normalized spacial score (nSPS) is 5.71. The molecule has 0 bridgehead atoms. The molecule has 0 N–H and O–H groups in total. The molecule has 0 saturated heterocycles. The Hall–Kier alpha value is 0.193. The maximum absolute atomic E-state index is 4.46. The third-order valence-electron chi connectivity index (χ3n) is 0.379. The van der Waals surface area contributed by atoms with Crippen LogP contribution >= 0.6 is 0 Å². The van der Waals surface area contributed by atoms with Gasteiger partial charge in [-0.25, -0.2) is 0 Å². The van der Waals surface area contributed by atoms with Gasteiger partial charge in [-0.2, -0.15) is 0 Å². The zero-order valence-corrected chi connectivity index (χ0v) is 7.45. The number of furan rings is 1. The summed E-state index contributed by atoms with van der Waals surface area (Å²) in [5, 5.41) is 0. The smallest absolute Gasteiger partial charge is 0.169 e. The number of hydrogen-bond donors (Lipinski definition) is 0. The molecule has 0 fully saturated rings. The molecule has 0 unspecified atom stereocenters. The van der Waals surface area contributed by atoms with Crippen LogP contribution in [-0.2, 0) is 19.5 Å². The molecule has 1 heterocycles. The Morgan fingerprint density at radius 1 is 1.43 bits per heavy atom. The summed E-state index contributed by atoms with van der Waals surface area (Å²) in [5.41, 5.74) is 0. The van der Waals surface area contributed by atoms with Crippen LogP contribution in [0.25, 0.3) is 0 Å². The van der Waals surface area contributed by atoms with Crippen LogP contribution in [0.3, 0.4) is 0 Å². The molecule has 35 valence electrons. The molecule has 0 aliphatic rings. The number of halogens is 1. The fourth-order valence-electron chi connectivity index (χ4n) is 0.196. The molecular formula is C4H3ClOZn-. The molecule has 1 aromatic rings. The van der Waals surface area contributed by atoms with Crippen molar-refractivity contribution < 1.29 is 36.3 Å². The van der Waals surface area contributed by atoms with Crippen molar-refractivity contribution in [2.24, 2.45) is 0 Å². The van der Waals surface area contributed by atoms with Crippen molar-refractivity contribution in [3.05, 3.63) is 24.7 Å². The minimum Gasteiger partial charge on any atom is -1.00 e. The van der Waals surface area contributed by atoms with Crippen molar-refractivity contribution in [1.82, 2.24) is 0 Å². The van der Waals surface area contributed by atoms with Crippen molar-refractivity contribution in [3.8, 4) is 0 Å². The quantitative estimate of drug-likeness (QED) is 0.411. The van der Waals surface area contributed by atoms with Crippen LogP contribution in [0, 0.1) is 6.26 Å². The molecule has 1 aromatic heterocycles. The van der Waals surface area contributed by atoms with Gasteiger partial charge in [0.15, 0.2) is 6.26 Å². The number of rotatable bonds is 0. The van der Waals surface area contributed by atoms with Gasteiger partial charge in [-0.15, -0.1) is 0 Å². The monoisotopic (exact) mass is 166 g/mol. The van der Waals surface area contributed by atoms with E-state index < -0.39 is 0 Å². The molecule has 0 aliphatic heterocycles. The van der Waals surface area contributed by atoms with Crippen LogP contribution in [0.2, 0.25) is 0 Å². The van der Waals surface area contributed by atoms with Gasteiger partial charge in [0.25, 0.3) is 0 Å². The third kappa shape index (κ3) is 4.04. The van der Waals surface area contributed by atoms with Crippen LogP contribution in [0.5, 0.6) is 0 Å². The molecule has 0 aromatic carbocycles. The van der Waals surface area contributed by atoms with Gasteiger partial charge in [-0.05, 0) is 12.1 Å². The predicted molar refractivity (Wildman–Crippen MR) is 17.5 cm³/mol. The van der Waals surface area contributed by atoms with E-state index in [1.807, 2.05) is 0 Å². The topological polar surface area (TPSA) is 13.1 Å². The molecule has 3 heteroatoms. The minimum absolute atomic E-state index is 0. The van der Waals surface area contributed by atoms with E-state index in [4.69, 9.17) is 0 Å². The van der Waals surface area contributed by atoms with Gasteiger partial charge < -0.3 is 16.8 Å². The van der Waals surface area contributed by atoms with Crippen LogP contribution in [0.1, 0.15) is 0 Å². The minimum atomic E-state index is 0. The maximum Gasteiger partial charge on any atom is 0.169 e. The van der Waals surface area contributed by atoms with Gasteiger partial charge in [0.05, 0.1) is 6.26 Å². The Morgan fingerprint density at radius 3 is 2.29 bits per heavy atom. The Balaban J connectivity index is 0. The van der Waals surface area contributed by atoms with Crippen molar-refractivity contribution in [2.45, 2.75) is 0 Å². The van der Waals surface area contributed by atoms with Crippen LogP contribution in [0.15, 0.2) is 22.8 Å². The molecule has 1 nitrogen and oxygen atoms in total. The second kappa shape index (κ2) is 6.19. The Morgan fingerprint density at radius 2 is 2.14 bits per heavy atom. The molecule has 1 radical (unpaired) electrons. The summed E-state index contributed by atoms with van der Waals surface area (Å²) in [6, 6.07) is 3.49. The number of hydrogen-bond acceptors (Lipinski definition) is 1. The SMILES string of the molecule is [Cl-].[Zn].[c]1ccco1. The Bertz CT molecular complexity index is 68.2. The van der Waals surface area contributed by atoms with Gasteiger partial charge in [0.2, 0.25) is 0 Å². The maximum atomic E-state index is 4.46. The molecule has 7 heavy (non-hydrogen) atoms. The zero-order chi connectivity index (χ0) is 3.54. The second-order valence-electron chi connectivity index (χ2n) is 0.731. The van der Waals surface area contributed by atoms with Gasteiger partial charge in [-0.3, -0.25) is 0 Å². The summed E-state index contributed by atoms with van der Waals surface area (Å²) in [6.45, 7) is 0. The zero-order valence-electron chi connectivity index (χ0n) is 3.73. The second-order valence-corrected chi connectivity index (χ2v) is 0.731.